The van der Waals surface area contributed by atoms with Gasteiger partial charge in [0.2, 0.25) is 10.0 Å². The molecule has 2 rings (SSSR count). The van der Waals surface area contributed by atoms with Crippen molar-refractivity contribution in [2.75, 3.05) is 33.2 Å². The average molecular weight is 402 g/mol. The lowest BCUT2D eigenvalue weighted by atomic mass is 10.4. The van der Waals surface area contributed by atoms with Crippen LogP contribution in [-0.4, -0.2) is 50.8 Å². The first kappa shape index (κ1) is 16.5. The van der Waals surface area contributed by atoms with Gasteiger partial charge in [0.05, 0.1) is 10.0 Å². The van der Waals surface area contributed by atoms with Gasteiger partial charge in [-0.05, 0) is 32.1 Å². The van der Waals surface area contributed by atoms with Crippen LogP contribution in [0, 0.1) is 0 Å². The number of benzene rings is 1. The third kappa shape index (κ3) is 3.48. The van der Waals surface area contributed by atoms with E-state index in [2.05, 4.69) is 20.8 Å². The van der Waals surface area contributed by atoms with Crippen molar-refractivity contribution in [2.24, 2.45) is 0 Å². The second-order valence-corrected chi connectivity index (χ2v) is 8.36. The summed E-state index contributed by atoms with van der Waals surface area (Å²) in [6, 6.07) is 3.09. The first-order valence-corrected chi connectivity index (χ1v) is 9.14. The predicted octanol–water partition coefficient (Wildman–Crippen LogP) is 3.08. The molecular weight excluding hydrogens is 387 g/mol. The van der Waals surface area contributed by atoms with Gasteiger partial charge in [0.15, 0.2) is 0 Å². The van der Waals surface area contributed by atoms with E-state index in [1.807, 2.05) is 7.05 Å². The van der Waals surface area contributed by atoms with Gasteiger partial charge < -0.3 is 4.90 Å². The smallest absolute Gasteiger partial charge is 0.246 e. The molecule has 1 aromatic carbocycles. The molecule has 112 valence electrons. The van der Waals surface area contributed by atoms with Crippen molar-refractivity contribution in [1.82, 2.24) is 9.21 Å². The van der Waals surface area contributed by atoms with Crippen LogP contribution in [0.5, 0.6) is 0 Å². The second kappa shape index (κ2) is 6.50. The van der Waals surface area contributed by atoms with Crippen molar-refractivity contribution in [3.63, 3.8) is 0 Å². The highest BCUT2D eigenvalue weighted by Gasteiger charge is 2.30. The molecular formula is C12H15BrCl2N2O2S. The minimum Gasteiger partial charge on any atom is -0.305 e. The van der Waals surface area contributed by atoms with Crippen LogP contribution >= 0.6 is 39.1 Å². The molecule has 1 saturated heterocycles. The monoisotopic (exact) mass is 400 g/mol. The molecule has 1 aliphatic heterocycles. The fraction of sp³-hybridized carbons (Fsp3) is 0.500. The lowest BCUT2D eigenvalue weighted by molar-refractivity contribution is 0.347. The summed E-state index contributed by atoms with van der Waals surface area (Å²) in [6.45, 7) is 2.51. The van der Waals surface area contributed by atoms with Crippen molar-refractivity contribution < 1.29 is 8.42 Å². The van der Waals surface area contributed by atoms with E-state index in [9.17, 15) is 8.42 Å². The van der Waals surface area contributed by atoms with Crippen molar-refractivity contribution in [1.29, 1.82) is 0 Å². The molecule has 1 aliphatic rings. The lowest BCUT2D eigenvalue weighted by Gasteiger charge is -2.21. The first-order chi connectivity index (χ1) is 9.32. The quantitative estimate of drug-likeness (QED) is 0.764. The highest BCUT2D eigenvalue weighted by atomic mass is 79.9. The zero-order valence-corrected chi connectivity index (χ0v) is 14.9. The van der Waals surface area contributed by atoms with E-state index < -0.39 is 10.0 Å². The summed E-state index contributed by atoms with van der Waals surface area (Å²) in [5.41, 5.74) is 0. The topological polar surface area (TPSA) is 40.6 Å². The van der Waals surface area contributed by atoms with Crippen LogP contribution < -0.4 is 0 Å². The zero-order valence-electron chi connectivity index (χ0n) is 10.9. The summed E-state index contributed by atoms with van der Waals surface area (Å²) in [5, 5.41) is 0.281. The number of rotatable bonds is 2. The maximum atomic E-state index is 12.7. The Morgan fingerprint density at radius 1 is 1.10 bits per heavy atom. The normalized spacial score (nSPS) is 19.0. The van der Waals surface area contributed by atoms with Crippen LogP contribution in [-0.2, 0) is 10.0 Å². The van der Waals surface area contributed by atoms with Crippen molar-refractivity contribution in [3.8, 4) is 0 Å². The molecule has 8 heteroatoms. The fourth-order valence-electron chi connectivity index (χ4n) is 2.17. The number of hydrogen-bond acceptors (Lipinski definition) is 3. The highest BCUT2D eigenvalue weighted by molar-refractivity contribution is 9.10. The van der Waals surface area contributed by atoms with Gasteiger partial charge in [0, 0.05) is 24.1 Å². The van der Waals surface area contributed by atoms with Gasteiger partial charge in [-0.25, -0.2) is 8.42 Å². The number of nitrogens with zero attached hydrogens (tertiary/aromatic N) is 2. The molecule has 4 nitrogen and oxygen atoms in total. The summed E-state index contributed by atoms with van der Waals surface area (Å²) in [4.78, 5) is 2.11. The summed E-state index contributed by atoms with van der Waals surface area (Å²) < 4.78 is 27.6. The molecule has 0 atom stereocenters. The third-order valence-corrected chi connectivity index (χ3v) is 6.52. The molecule has 0 spiro atoms. The largest absolute Gasteiger partial charge is 0.305 e. The molecule has 0 N–H and O–H groups in total. The van der Waals surface area contributed by atoms with Crippen LogP contribution in [0.1, 0.15) is 6.42 Å². The Balaban J connectivity index is 2.40. The summed E-state index contributed by atoms with van der Waals surface area (Å²) >= 11 is 15.4. The molecule has 0 saturated carbocycles. The Kier molecular flexibility index (Phi) is 5.37. The molecule has 0 radical (unpaired) electrons. The molecule has 1 heterocycles. The van der Waals surface area contributed by atoms with Gasteiger partial charge >= 0.3 is 0 Å². The van der Waals surface area contributed by atoms with Gasteiger partial charge in [-0.3, -0.25) is 0 Å². The molecule has 0 aliphatic carbocycles. The number of halogens is 3. The molecule has 0 unspecified atom stereocenters. The van der Waals surface area contributed by atoms with E-state index in [-0.39, 0.29) is 14.9 Å². The molecule has 0 bridgehead atoms. The van der Waals surface area contributed by atoms with Gasteiger partial charge in [-0.1, -0.05) is 39.1 Å². The van der Waals surface area contributed by atoms with Crippen molar-refractivity contribution in [2.45, 2.75) is 11.3 Å². The Morgan fingerprint density at radius 2 is 1.70 bits per heavy atom. The molecule has 0 aromatic heterocycles. The summed E-state index contributed by atoms with van der Waals surface area (Å²) in [6.07, 6.45) is 0.793. The molecule has 1 fully saturated rings. The van der Waals surface area contributed by atoms with Crippen LogP contribution in [0.4, 0.5) is 0 Å². The maximum absolute atomic E-state index is 12.7. The zero-order chi connectivity index (χ0) is 14.9. The summed E-state index contributed by atoms with van der Waals surface area (Å²) in [7, 11) is -1.68. The van der Waals surface area contributed by atoms with E-state index in [0.717, 1.165) is 13.0 Å². The summed E-state index contributed by atoms with van der Waals surface area (Å²) in [5.74, 6) is 0. The van der Waals surface area contributed by atoms with Gasteiger partial charge in [-0.15, -0.1) is 0 Å². The Morgan fingerprint density at radius 3 is 2.30 bits per heavy atom. The van der Waals surface area contributed by atoms with Crippen LogP contribution in [0.2, 0.25) is 10.0 Å². The van der Waals surface area contributed by atoms with Crippen LogP contribution in [0.15, 0.2) is 21.5 Å². The van der Waals surface area contributed by atoms with Gasteiger partial charge in [-0.2, -0.15) is 4.31 Å². The van der Waals surface area contributed by atoms with Crippen LogP contribution in [0.3, 0.4) is 0 Å². The minimum absolute atomic E-state index is 0.00594. The Hall–Kier alpha value is 0.150. The second-order valence-electron chi connectivity index (χ2n) is 4.76. The van der Waals surface area contributed by atoms with Crippen LogP contribution in [0.25, 0.3) is 0 Å². The Labute approximate surface area is 137 Å². The minimum atomic E-state index is -3.66. The molecule has 1 aromatic rings. The highest BCUT2D eigenvalue weighted by Crippen LogP contribution is 2.34. The van der Waals surface area contributed by atoms with Gasteiger partial charge in [0.1, 0.15) is 4.90 Å². The molecule has 0 amide bonds. The standard InChI is InChI=1S/C12H15BrCl2N2O2S/c1-16-3-2-4-17(6-5-16)20(18,19)12-10(14)7-9(13)8-11(12)15/h7-8H,2-6H2,1H3. The Bertz CT molecular complexity index is 586. The van der Waals surface area contributed by atoms with E-state index in [1.54, 1.807) is 12.1 Å². The van der Waals surface area contributed by atoms with E-state index >= 15 is 0 Å². The lowest BCUT2D eigenvalue weighted by Crippen LogP contribution is -2.34. The average Bonchev–Trinajstić information content (AvgIpc) is 2.52. The first-order valence-electron chi connectivity index (χ1n) is 6.15. The predicted molar refractivity (Wildman–Crippen MR) is 85.0 cm³/mol. The van der Waals surface area contributed by atoms with E-state index in [1.165, 1.54) is 4.31 Å². The number of likely N-dealkylation sites (N-methyl/N-ethyl adjacent to an activating group) is 1. The van der Waals surface area contributed by atoms with Gasteiger partial charge in [0.25, 0.3) is 0 Å². The van der Waals surface area contributed by atoms with Crippen molar-refractivity contribution in [3.05, 3.63) is 26.7 Å². The fourth-order valence-corrected chi connectivity index (χ4v) is 5.52. The van der Waals surface area contributed by atoms with E-state index in [4.69, 9.17) is 23.2 Å². The SMILES string of the molecule is CN1CCCN(S(=O)(=O)c2c(Cl)cc(Br)cc2Cl)CC1. The maximum Gasteiger partial charge on any atom is 0.246 e. The van der Waals surface area contributed by atoms with Crippen molar-refractivity contribution >= 4 is 49.2 Å². The molecule has 20 heavy (non-hydrogen) atoms. The number of sulfonamides is 1. The van der Waals surface area contributed by atoms with E-state index in [0.29, 0.717) is 24.1 Å². The third-order valence-electron chi connectivity index (χ3n) is 3.24. The number of hydrogen-bond donors (Lipinski definition) is 0.